The Kier molecular flexibility index (Phi) is 7.20. The molecule has 4 rings (SSSR count). The normalized spacial score (nSPS) is 14.6. The molecule has 0 saturated carbocycles. The van der Waals surface area contributed by atoms with E-state index in [1.807, 2.05) is 41.3 Å². The molecule has 7 nitrogen and oxygen atoms in total. The lowest BCUT2D eigenvalue weighted by Gasteiger charge is -2.34. The van der Waals surface area contributed by atoms with E-state index in [1.165, 1.54) is 5.56 Å². The second kappa shape index (κ2) is 10.3. The van der Waals surface area contributed by atoms with Crippen LogP contribution in [-0.2, 0) is 11.2 Å². The summed E-state index contributed by atoms with van der Waals surface area (Å²) in [7, 11) is 5.00. The van der Waals surface area contributed by atoms with Crippen LogP contribution in [0.3, 0.4) is 0 Å². The van der Waals surface area contributed by atoms with Crippen molar-refractivity contribution < 1.29 is 19.0 Å². The predicted octanol–water partition coefficient (Wildman–Crippen LogP) is 3.82. The highest BCUT2D eigenvalue weighted by atomic mass is 16.5. The van der Waals surface area contributed by atoms with Gasteiger partial charge in [0.2, 0.25) is 0 Å². The molecular weight excluding hydrogens is 418 g/mol. The van der Waals surface area contributed by atoms with Gasteiger partial charge in [0.15, 0.2) is 11.5 Å². The van der Waals surface area contributed by atoms with Gasteiger partial charge in [0.1, 0.15) is 0 Å². The summed E-state index contributed by atoms with van der Waals surface area (Å²) in [5.74, 6) is 1.49. The van der Waals surface area contributed by atoms with E-state index in [-0.39, 0.29) is 5.91 Å². The van der Waals surface area contributed by atoms with Gasteiger partial charge in [-0.3, -0.25) is 9.69 Å². The Morgan fingerprint density at radius 2 is 1.73 bits per heavy atom. The molecule has 0 aliphatic carbocycles. The maximum absolute atomic E-state index is 13.2. The fourth-order valence-electron chi connectivity index (χ4n) is 4.56. The second-order valence-electron chi connectivity index (χ2n) is 8.29. The van der Waals surface area contributed by atoms with Gasteiger partial charge in [-0.25, -0.2) is 0 Å². The Morgan fingerprint density at radius 1 is 0.970 bits per heavy atom. The van der Waals surface area contributed by atoms with Crippen molar-refractivity contribution in [1.82, 2.24) is 14.8 Å². The van der Waals surface area contributed by atoms with E-state index in [0.29, 0.717) is 11.5 Å². The van der Waals surface area contributed by atoms with Crippen LogP contribution in [0.25, 0.3) is 22.2 Å². The molecule has 176 valence electrons. The van der Waals surface area contributed by atoms with Crippen LogP contribution in [0.2, 0.25) is 0 Å². The molecule has 1 amide bonds. The molecule has 1 saturated heterocycles. The number of methoxy groups -OCH3 is 3. The Labute approximate surface area is 195 Å². The number of aryl methyl sites for hydroxylation is 1. The van der Waals surface area contributed by atoms with Crippen LogP contribution in [0.5, 0.6) is 11.5 Å². The molecule has 1 aromatic heterocycles. The SMILES string of the molecule is CCc1c(-c2ccc(OC)c(OC)c2)[nH]c2ccc(C(=O)N3CCN(CCOC)CC3)cc12. The van der Waals surface area contributed by atoms with Crippen molar-refractivity contribution in [2.45, 2.75) is 13.3 Å². The summed E-state index contributed by atoms with van der Waals surface area (Å²) in [5, 5.41) is 1.09. The molecule has 0 radical (unpaired) electrons. The quantitative estimate of drug-likeness (QED) is 0.564. The summed E-state index contributed by atoms with van der Waals surface area (Å²) >= 11 is 0. The first kappa shape index (κ1) is 23.1. The first-order valence-electron chi connectivity index (χ1n) is 11.5. The van der Waals surface area contributed by atoms with Crippen LogP contribution in [-0.4, -0.2) is 81.4 Å². The smallest absolute Gasteiger partial charge is 0.253 e. The van der Waals surface area contributed by atoms with E-state index in [2.05, 4.69) is 16.8 Å². The van der Waals surface area contributed by atoms with Crippen LogP contribution >= 0.6 is 0 Å². The van der Waals surface area contributed by atoms with E-state index >= 15 is 0 Å². The van der Waals surface area contributed by atoms with Crippen LogP contribution in [0.15, 0.2) is 36.4 Å². The summed E-state index contributed by atoms with van der Waals surface area (Å²) in [6.45, 7) is 7.01. The first-order valence-corrected chi connectivity index (χ1v) is 11.5. The highest BCUT2D eigenvalue weighted by Crippen LogP contribution is 2.36. The van der Waals surface area contributed by atoms with Crippen LogP contribution in [0, 0.1) is 0 Å². The lowest BCUT2D eigenvalue weighted by atomic mass is 10.0. The number of hydrogen-bond donors (Lipinski definition) is 1. The number of amides is 1. The van der Waals surface area contributed by atoms with E-state index in [1.54, 1.807) is 21.3 Å². The van der Waals surface area contributed by atoms with E-state index in [0.717, 1.165) is 73.5 Å². The highest BCUT2D eigenvalue weighted by Gasteiger charge is 2.23. The molecule has 1 fully saturated rings. The van der Waals surface area contributed by atoms with Crippen molar-refractivity contribution >= 4 is 16.8 Å². The number of carbonyl (C=O) groups is 1. The molecule has 0 unspecified atom stereocenters. The molecule has 0 spiro atoms. The zero-order valence-electron chi connectivity index (χ0n) is 19.9. The Hall–Kier alpha value is -3.03. The number of carbonyl (C=O) groups excluding carboxylic acids is 1. The van der Waals surface area contributed by atoms with Gasteiger partial charge < -0.3 is 24.1 Å². The molecule has 3 aromatic rings. The van der Waals surface area contributed by atoms with Crippen molar-refractivity contribution in [3.63, 3.8) is 0 Å². The number of aromatic amines is 1. The van der Waals surface area contributed by atoms with Gasteiger partial charge >= 0.3 is 0 Å². The van der Waals surface area contributed by atoms with E-state index in [9.17, 15) is 4.79 Å². The maximum atomic E-state index is 13.2. The number of hydrogen-bond acceptors (Lipinski definition) is 5. The predicted molar refractivity (Wildman–Crippen MR) is 130 cm³/mol. The number of aromatic nitrogens is 1. The molecule has 7 heteroatoms. The first-order chi connectivity index (χ1) is 16.1. The molecule has 0 bridgehead atoms. The Bertz CT molecular complexity index is 1120. The number of fused-ring (bicyclic) bond motifs is 1. The van der Waals surface area contributed by atoms with Crippen molar-refractivity contribution in [1.29, 1.82) is 0 Å². The minimum Gasteiger partial charge on any atom is -0.493 e. The standard InChI is InChI=1S/C26H33N3O4/c1-5-20-21-16-19(26(30)29-12-10-28(11-13-29)14-15-31-2)6-8-22(21)27-25(20)18-7-9-23(32-3)24(17-18)33-4/h6-9,16-17,27H,5,10-15H2,1-4H3. The lowest BCUT2D eigenvalue weighted by molar-refractivity contribution is 0.0594. The van der Waals surface area contributed by atoms with Crippen LogP contribution in [0.1, 0.15) is 22.8 Å². The summed E-state index contributed by atoms with van der Waals surface area (Å²) in [6.07, 6.45) is 0.847. The molecule has 2 aromatic carbocycles. The number of benzene rings is 2. The minimum absolute atomic E-state index is 0.0965. The molecular formula is C26H33N3O4. The van der Waals surface area contributed by atoms with Crippen molar-refractivity contribution in [2.24, 2.45) is 0 Å². The van der Waals surface area contributed by atoms with Gasteiger partial charge in [-0.2, -0.15) is 0 Å². The summed E-state index contributed by atoms with van der Waals surface area (Å²) in [5.41, 5.74) is 5.03. The van der Waals surface area contributed by atoms with Crippen molar-refractivity contribution in [3.8, 4) is 22.8 Å². The summed E-state index contributed by atoms with van der Waals surface area (Å²) < 4.78 is 16.0. The van der Waals surface area contributed by atoms with Gasteiger partial charge in [-0.1, -0.05) is 6.92 Å². The number of nitrogens with one attached hydrogen (secondary N) is 1. The third-order valence-electron chi connectivity index (χ3n) is 6.45. The number of ether oxygens (including phenoxy) is 3. The van der Waals surface area contributed by atoms with Gasteiger partial charge in [-0.15, -0.1) is 0 Å². The monoisotopic (exact) mass is 451 g/mol. The average molecular weight is 452 g/mol. The van der Waals surface area contributed by atoms with Crippen LogP contribution in [0.4, 0.5) is 0 Å². The second-order valence-corrected chi connectivity index (χ2v) is 8.29. The number of H-pyrrole nitrogens is 1. The Balaban J connectivity index is 1.60. The fourth-order valence-corrected chi connectivity index (χ4v) is 4.56. The number of piperazine rings is 1. The molecule has 2 heterocycles. The average Bonchev–Trinajstić information content (AvgIpc) is 3.24. The molecule has 1 aliphatic heterocycles. The fraction of sp³-hybridized carbons (Fsp3) is 0.423. The minimum atomic E-state index is 0.0965. The van der Waals surface area contributed by atoms with E-state index < -0.39 is 0 Å². The van der Waals surface area contributed by atoms with Gasteiger partial charge in [0.25, 0.3) is 5.91 Å². The molecule has 0 atom stereocenters. The molecule has 33 heavy (non-hydrogen) atoms. The number of nitrogens with zero attached hydrogens (tertiary/aromatic N) is 2. The lowest BCUT2D eigenvalue weighted by Crippen LogP contribution is -2.49. The molecule has 1 aliphatic rings. The van der Waals surface area contributed by atoms with Crippen molar-refractivity contribution in [3.05, 3.63) is 47.5 Å². The van der Waals surface area contributed by atoms with Gasteiger partial charge in [-0.05, 0) is 48.4 Å². The number of rotatable bonds is 8. The van der Waals surface area contributed by atoms with Gasteiger partial charge in [0.05, 0.1) is 20.8 Å². The van der Waals surface area contributed by atoms with Crippen LogP contribution < -0.4 is 9.47 Å². The summed E-state index contributed by atoms with van der Waals surface area (Å²) in [4.78, 5) is 21.1. The highest BCUT2D eigenvalue weighted by molar-refractivity contribution is 6.00. The zero-order valence-corrected chi connectivity index (χ0v) is 19.9. The third-order valence-corrected chi connectivity index (χ3v) is 6.45. The Morgan fingerprint density at radius 3 is 2.39 bits per heavy atom. The maximum Gasteiger partial charge on any atom is 0.253 e. The molecule has 1 N–H and O–H groups in total. The zero-order chi connectivity index (χ0) is 23.4. The van der Waals surface area contributed by atoms with Crippen molar-refractivity contribution in [2.75, 3.05) is 60.7 Å². The largest absolute Gasteiger partial charge is 0.493 e. The van der Waals surface area contributed by atoms with E-state index in [4.69, 9.17) is 14.2 Å². The van der Waals surface area contributed by atoms with Gasteiger partial charge in [0, 0.05) is 67.6 Å². The summed E-state index contributed by atoms with van der Waals surface area (Å²) in [6, 6.07) is 11.9. The third kappa shape index (κ3) is 4.70. The topological polar surface area (TPSA) is 67.0 Å².